The van der Waals surface area contributed by atoms with Crippen molar-refractivity contribution in [2.24, 2.45) is 13.0 Å². The average molecular weight is 377 g/mol. The predicted molar refractivity (Wildman–Crippen MR) is 101 cm³/mol. The highest BCUT2D eigenvalue weighted by molar-refractivity contribution is 7.88. The second-order valence-electron chi connectivity index (χ2n) is 6.82. The van der Waals surface area contributed by atoms with Gasteiger partial charge in [-0.15, -0.1) is 0 Å². The summed E-state index contributed by atoms with van der Waals surface area (Å²) in [6.45, 7) is 1.27. The molecule has 2 aromatic rings. The van der Waals surface area contributed by atoms with E-state index in [4.69, 9.17) is 0 Å². The van der Waals surface area contributed by atoms with E-state index >= 15 is 0 Å². The van der Waals surface area contributed by atoms with E-state index in [1.165, 1.54) is 15.1 Å². The Bertz CT molecular complexity index is 997. The Kier molecular flexibility index (Phi) is 5.15. The third-order valence-electron chi connectivity index (χ3n) is 4.88. The molecule has 0 radical (unpaired) electrons. The Morgan fingerprint density at radius 1 is 1.31 bits per heavy atom. The van der Waals surface area contributed by atoms with Gasteiger partial charge in [0.15, 0.2) is 0 Å². The Labute approximate surface area is 152 Å². The highest BCUT2D eigenvalue weighted by atomic mass is 32.2. The van der Waals surface area contributed by atoms with Crippen molar-refractivity contribution < 1.29 is 13.2 Å². The Balaban J connectivity index is 1.74. The standard InChI is InChI=1S/C18H23N3O4S/c1-20-16-8-4-3-7-14(16)10-15(18(20)23)17(22)19-11-13-6-5-9-21(12-13)26(2,24)25/h3-4,7-8,10,13H,5-6,9,11-12H2,1-2H3,(H,19,22)/t13-/m0/s1. The summed E-state index contributed by atoms with van der Waals surface area (Å²) in [5.74, 6) is -0.375. The van der Waals surface area contributed by atoms with Crippen LogP contribution in [0.4, 0.5) is 0 Å². The van der Waals surface area contributed by atoms with Gasteiger partial charge >= 0.3 is 0 Å². The zero-order valence-corrected chi connectivity index (χ0v) is 15.8. The second kappa shape index (κ2) is 7.20. The highest BCUT2D eigenvalue weighted by Crippen LogP contribution is 2.18. The lowest BCUT2D eigenvalue weighted by Gasteiger charge is -2.30. The zero-order valence-electron chi connectivity index (χ0n) is 14.9. The lowest BCUT2D eigenvalue weighted by atomic mass is 9.99. The topological polar surface area (TPSA) is 88.5 Å². The number of rotatable bonds is 4. The number of hydrogen-bond acceptors (Lipinski definition) is 4. The highest BCUT2D eigenvalue weighted by Gasteiger charge is 2.26. The number of carbonyl (C=O) groups is 1. The van der Waals surface area contributed by atoms with Gasteiger partial charge in [-0.2, -0.15) is 0 Å². The quantitative estimate of drug-likeness (QED) is 0.859. The van der Waals surface area contributed by atoms with Crippen molar-refractivity contribution in [2.45, 2.75) is 12.8 Å². The van der Waals surface area contributed by atoms with Crippen LogP contribution in [-0.4, -0.2) is 49.1 Å². The number of aromatic nitrogens is 1. The summed E-state index contributed by atoms with van der Waals surface area (Å²) in [6, 6.07) is 9.00. The normalized spacial score (nSPS) is 18.8. The molecule has 1 saturated heterocycles. The summed E-state index contributed by atoms with van der Waals surface area (Å²) < 4.78 is 26.3. The smallest absolute Gasteiger partial charge is 0.263 e. The number of hydrogen-bond donors (Lipinski definition) is 1. The fraction of sp³-hybridized carbons (Fsp3) is 0.444. The Morgan fingerprint density at radius 3 is 2.77 bits per heavy atom. The minimum Gasteiger partial charge on any atom is -0.352 e. The lowest BCUT2D eigenvalue weighted by molar-refractivity contribution is 0.0940. The summed E-state index contributed by atoms with van der Waals surface area (Å²) in [7, 11) is -1.57. The summed E-state index contributed by atoms with van der Waals surface area (Å²) >= 11 is 0. The first-order chi connectivity index (χ1) is 12.3. The van der Waals surface area contributed by atoms with E-state index in [0.29, 0.717) is 19.6 Å². The van der Waals surface area contributed by atoms with Gasteiger partial charge in [0.1, 0.15) is 5.56 Å². The van der Waals surface area contributed by atoms with Crippen LogP contribution in [0, 0.1) is 5.92 Å². The summed E-state index contributed by atoms with van der Waals surface area (Å²) in [5.41, 5.74) is 0.523. The van der Waals surface area contributed by atoms with E-state index in [9.17, 15) is 18.0 Å². The van der Waals surface area contributed by atoms with Crippen molar-refractivity contribution in [3.8, 4) is 0 Å². The largest absolute Gasteiger partial charge is 0.352 e. The Morgan fingerprint density at radius 2 is 2.04 bits per heavy atom. The molecule has 26 heavy (non-hydrogen) atoms. The number of fused-ring (bicyclic) bond motifs is 1. The molecule has 1 aromatic heterocycles. The molecule has 3 rings (SSSR count). The van der Waals surface area contributed by atoms with Crippen LogP contribution >= 0.6 is 0 Å². The number of pyridine rings is 1. The monoisotopic (exact) mass is 377 g/mol. The van der Waals surface area contributed by atoms with Crippen molar-refractivity contribution in [3.63, 3.8) is 0 Å². The van der Waals surface area contributed by atoms with Crippen LogP contribution in [0.15, 0.2) is 35.1 Å². The predicted octanol–water partition coefficient (Wildman–Crippen LogP) is 0.940. The van der Waals surface area contributed by atoms with Crippen LogP contribution in [0.25, 0.3) is 10.9 Å². The van der Waals surface area contributed by atoms with Gasteiger partial charge in [0, 0.05) is 26.7 Å². The van der Waals surface area contributed by atoms with Crippen LogP contribution in [0.3, 0.4) is 0 Å². The van der Waals surface area contributed by atoms with Gasteiger partial charge in [-0.05, 0) is 36.3 Å². The number of para-hydroxylation sites is 1. The second-order valence-corrected chi connectivity index (χ2v) is 8.80. The van der Waals surface area contributed by atoms with Gasteiger partial charge in [-0.3, -0.25) is 9.59 Å². The first kappa shape index (κ1) is 18.6. The molecule has 0 unspecified atom stereocenters. The molecule has 1 N–H and O–H groups in total. The molecule has 0 saturated carbocycles. The minimum atomic E-state index is -3.22. The van der Waals surface area contributed by atoms with Crippen LogP contribution < -0.4 is 10.9 Å². The van der Waals surface area contributed by atoms with Crippen LogP contribution in [-0.2, 0) is 17.1 Å². The maximum atomic E-state index is 12.5. The van der Waals surface area contributed by atoms with E-state index in [2.05, 4.69) is 5.32 Å². The number of amides is 1. The van der Waals surface area contributed by atoms with Crippen molar-refractivity contribution in [1.29, 1.82) is 0 Å². The van der Waals surface area contributed by atoms with Crippen molar-refractivity contribution in [2.75, 3.05) is 25.9 Å². The van der Waals surface area contributed by atoms with Gasteiger partial charge in [0.25, 0.3) is 11.5 Å². The molecule has 0 spiro atoms. The van der Waals surface area contributed by atoms with Gasteiger partial charge in [-0.25, -0.2) is 12.7 Å². The number of nitrogens with one attached hydrogen (secondary N) is 1. The number of aryl methyl sites for hydroxylation is 1. The van der Waals surface area contributed by atoms with E-state index in [1.807, 2.05) is 24.3 Å². The fourth-order valence-corrected chi connectivity index (χ4v) is 4.35. The summed E-state index contributed by atoms with van der Waals surface area (Å²) in [4.78, 5) is 25.0. The maximum absolute atomic E-state index is 12.5. The van der Waals surface area contributed by atoms with Crippen LogP contribution in [0.1, 0.15) is 23.2 Å². The maximum Gasteiger partial charge on any atom is 0.263 e. The molecule has 1 fully saturated rings. The van der Waals surface area contributed by atoms with E-state index in [0.717, 1.165) is 23.7 Å². The third-order valence-corrected chi connectivity index (χ3v) is 6.15. The first-order valence-electron chi connectivity index (χ1n) is 8.59. The molecule has 8 heteroatoms. The van der Waals surface area contributed by atoms with Crippen LogP contribution in [0.5, 0.6) is 0 Å². The van der Waals surface area contributed by atoms with E-state index in [1.54, 1.807) is 13.1 Å². The number of piperidine rings is 1. The number of benzene rings is 1. The molecule has 0 bridgehead atoms. The molecule has 140 valence electrons. The number of sulfonamides is 1. The minimum absolute atomic E-state index is 0.0479. The summed E-state index contributed by atoms with van der Waals surface area (Å²) in [6.07, 6.45) is 2.82. The molecular weight excluding hydrogens is 354 g/mol. The van der Waals surface area contributed by atoms with Gasteiger partial charge in [0.05, 0.1) is 11.8 Å². The van der Waals surface area contributed by atoms with Gasteiger partial charge in [-0.1, -0.05) is 18.2 Å². The molecule has 7 nitrogen and oxygen atoms in total. The number of nitrogens with zero attached hydrogens (tertiary/aromatic N) is 2. The Hall–Kier alpha value is -2.19. The first-order valence-corrected chi connectivity index (χ1v) is 10.4. The van der Waals surface area contributed by atoms with Crippen molar-refractivity contribution in [1.82, 2.24) is 14.2 Å². The van der Waals surface area contributed by atoms with Crippen molar-refractivity contribution >= 4 is 26.8 Å². The number of carbonyl (C=O) groups excluding carboxylic acids is 1. The van der Waals surface area contributed by atoms with Crippen molar-refractivity contribution in [3.05, 3.63) is 46.2 Å². The molecule has 1 aliphatic heterocycles. The summed E-state index contributed by atoms with van der Waals surface area (Å²) in [5, 5.41) is 3.62. The molecule has 1 amide bonds. The van der Waals surface area contributed by atoms with E-state index in [-0.39, 0.29) is 17.0 Å². The van der Waals surface area contributed by atoms with Gasteiger partial charge < -0.3 is 9.88 Å². The average Bonchev–Trinajstić information content (AvgIpc) is 2.62. The van der Waals surface area contributed by atoms with Gasteiger partial charge in [0.2, 0.25) is 10.0 Å². The molecule has 0 aliphatic carbocycles. The molecule has 1 aliphatic rings. The zero-order chi connectivity index (χ0) is 18.9. The SMILES string of the molecule is Cn1c(=O)c(C(=O)NC[C@@H]2CCCN(S(C)(=O)=O)C2)cc2ccccc21. The third kappa shape index (κ3) is 3.81. The van der Waals surface area contributed by atoms with Crippen LogP contribution in [0.2, 0.25) is 0 Å². The fourth-order valence-electron chi connectivity index (χ4n) is 3.41. The molecular formula is C18H23N3O4S. The lowest BCUT2D eigenvalue weighted by Crippen LogP contribution is -2.43. The molecule has 1 aromatic carbocycles. The molecule has 1 atom stereocenters. The molecule has 2 heterocycles. The van der Waals surface area contributed by atoms with E-state index < -0.39 is 15.9 Å².